The highest BCUT2D eigenvalue weighted by Gasteiger charge is 1.93. The molecule has 5 N–H and O–H groups in total. The van der Waals surface area contributed by atoms with E-state index in [0.717, 1.165) is 32.7 Å². The molecule has 0 aromatic heterocycles. The molecule has 25 heavy (non-hydrogen) atoms. The Balaban J connectivity index is 2.94. The molecule has 0 aliphatic carbocycles. The summed E-state index contributed by atoms with van der Waals surface area (Å²) in [6.07, 6.45) is 13.2. The van der Waals surface area contributed by atoms with Gasteiger partial charge in [-0.15, -0.1) is 0 Å². The van der Waals surface area contributed by atoms with Crippen LogP contribution < -0.4 is 26.6 Å². The molecule has 0 rings (SSSR count). The molecule has 0 aliphatic rings. The second-order valence-electron chi connectivity index (χ2n) is 6.99. The zero-order valence-electron chi connectivity index (χ0n) is 17.2. The molecule has 0 heterocycles. The first-order valence-electron chi connectivity index (χ1n) is 10.8. The van der Waals surface area contributed by atoms with Gasteiger partial charge in [-0.1, -0.05) is 25.7 Å². The van der Waals surface area contributed by atoms with Crippen LogP contribution in [0.1, 0.15) is 64.2 Å². The maximum atomic E-state index is 3.57. The molecule has 0 aliphatic heterocycles. The summed E-state index contributed by atoms with van der Waals surface area (Å²) in [4.78, 5) is 0. The lowest BCUT2D eigenvalue weighted by molar-refractivity contribution is 0.536. The smallest absolute Gasteiger partial charge is 0.00368 e. The average molecular weight is 358 g/mol. The van der Waals surface area contributed by atoms with Gasteiger partial charge < -0.3 is 26.6 Å². The number of hydrogen-bond donors (Lipinski definition) is 5. The number of unbranched alkanes of at least 4 members (excludes halogenated alkanes) is 6. The van der Waals surface area contributed by atoms with Gasteiger partial charge in [0.15, 0.2) is 0 Å². The SMILES string of the molecule is CNCCCCCCNCCCNCCCCCCNCCCNC. The van der Waals surface area contributed by atoms with Gasteiger partial charge in [0.2, 0.25) is 0 Å². The second kappa shape index (κ2) is 23.8. The van der Waals surface area contributed by atoms with Crippen LogP contribution in [0.15, 0.2) is 0 Å². The van der Waals surface area contributed by atoms with Crippen molar-refractivity contribution < 1.29 is 0 Å². The van der Waals surface area contributed by atoms with Crippen molar-refractivity contribution >= 4 is 0 Å². The van der Waals surface area contributed by atoms with Crippen LogP contribution >= 0.6 is 0 Å². The summed E-state index contributed by atoms with van der Waals surface area (Å²) >= 11 is 0. The molecule has 0 aromatic carbocycles. The van der Waals surface area contributed by atoms with Crippen molar-refractivity contribution in [3.05, 3.63) is 0 Å². The zero-order chi connectivity index (χ0) is 18.3. The Bertz CT molecular complexity index is 204. The molecular weight excluding hydrogens is 310 g/mol. The fraction of sp³-hybridized carbons (Fsp3) is 1.00. The van der Waals surface area contributed by atoms with E-state index in [1.165, 1.54) is 83.8 Å². The first kappa shape index (κ1) is 24.8. The first-order chi connectivity index (χ1) is 12.4. The van der Waals surface area contributed by atoms with Crippen LogP contribution in [0.4, 0.5) is 0 Å². The van der Waals surface area contributed by atoms with Crippen LogP contribution in [0.25, 0.3) is 0 Å². The minimum atomic E-state index is 1.12. The normalized spacial score (nSPS) is 11.3. The third kappa shape index (κ3) is 23.8. The van der Waals surface area contributed by atoms with Crippen molar-refractivity contribution in [2.75, 3.05) is 66.5 Å². The van der Waals surface area contributed by atoms with E-state index < -0.39 is 0 Å². The van der Waals surface area contributed by atoms with E-state index in [-0.39, 0.29) is 0 Å². The molecule has 0 radical (unpaired) electrons. The molecule has 5 heteroatoms. The standard InChI is InChI=1S/C20H47N5/c1-21-13-7-3-4-8-16-24-19-12-20-25-17-10-6-5-9-15-23-18-11-14-22-2/h21-25H,3-20H2,1-2H3. The Morgan fingerprint density at radius 1 is 0.320 bits per heavy atom. The van der Waals surface area contributed by atoms with E-state index in [1.54, 1.807) is 0 Å². The maximum Gasteiger partial charge on any atom is -0.00368 e. The van der Waals surface area contributed by atoms with Crippen molar-refractivity contribution in [1.29, 1.82) is 0 Å². The molecule has 0 unspecified atom stereocenters. The minimum Gasteiger partial charge on any atom is -0.320 e. The van der Waals surface area contributed by atoms with Gasteiger partial charge in [0.25, 0.3) is 0 Å². The predicted octanol–water partition coefficient (Wildman–Crippen LogP) is 2.10. The summed E-state index contributed by atoms with van der Waals surface area (Å²) in [5.74, 6) is 0. The summed E-state index contributed by atoms with van der Waals surface area (Å²) < 4.78 is 0. The summed E-state index contributed by atoms with van der Waals surface area (Å²) in [5, 5.41) is 17.0. The molecule has 0 fully saturated rings. The number of nitrogens with one attached hydrogen (secondary N) is 5. The summed E-state index contributed by atoms with van der Waals surface area (Å²) in [6, 6.07) is 0. The summed E-state index contributed by atoms with van der Waals surface area (Å²) in [7, 11) is 4.04. The highest BCUT2D eigenvalue weighted by molar-refractivity contribution is 4.55. The fourth-order valence-electron chi connectivity index (χ4n) is 2.86. The molecule has 0 bridgehead atoms. The topological polar surface area (TPSA) is 60.1 Å². The van der Waals surface area contributed by atoms with Crippen LogP contribution in [0, 0.1) is 0 Å². The van der Waals surface area contributed by atoms with E-state index in [4.69, 9.17) is 0 Å². The lowest BCUT2D eigenvalue weighted by atomic mass is 10.2. The van der Waals surface area contributed by atoms with E-state index in [1.807, 2.05) is 14.1 Å². The van der Waals surface area contributed by atoms with E-state index in [2.05, 4.69) is 26.6 Å². The molecule has 5 nitrogen and oxygen atoms in total. The number of rotatable bonds is 22. The van der Waals surface area contributed by atoms with Crippen molar-refractivity contribution in [3.8, 4) is 0 Å². The Morgan fingerprint density at radius 3 is 1.00 bits per heavy atom. The molecule has 0 saturated heterocycles. The zero-order valence-corrected chi connectivity index (χ0v) is 17.2. The van der Waals surface area contributed by atoms with Gasteiger partial charge in [0.05, 0.1) is 0 Å². The van der Waals surface area contributed by atoms with E-state index in [0.29, 0.717) is 0 Å². The van der Waals surface area contributed by atoms with Crippen LogP contribution in [0.2, 0.25) is 0 Å². The molecule has 152 valence electrons. The highest BCUT2D eigenvalue weighted by Crippen LogP contribution is 1.98. The van der Waals surface area contributed by atoms with Crippen LogP contribution in [-0.2, 0) is 0 Å². The molecule has 0 atom stereocenters. The first-order valence-corrected chi connectivity index (χ1v) is 10.8. The van der Waals surface area contributed by atoms with Crippen LogP contribution in [0.5, 0.6) is 0 Å². The Kier molecular flexibility index (Phi) is 23.6. The van der Waals surface area contributed by atoms with Crippen LogP contribution in [-0.4, -0.2) is 66.5 Å². The predicted molar refractivity (Wildman–Crippen MR) is 113 cm³/mol. The molecule has 0 amide bonds. The maximum absolute atomic E-state index is 3.57. The largest absolute Gasteiger partial charge is 0.320 e. The quantitative estimate of drug-likeness (QED) is 0.192. The van der Waals surface area contributed by atoms with Crippen LogP contribution in [0.3, 0.4) is 0 Å². The lowest BCUT2D eigenvalue weighted by Gasteiger charge is -2.07. The van der Waals surface area contributed by atoms with Crippen molar-refractivity contribution in [3.63, 3.8) is 0 Å². The third-order valence-electron chi connectivity index (χ3n) is 4.47. The molecule has 0 spiro atoms. The van der Waals surface area contributed by atoms with E-state index in [9.17, 15) is 0 Å². The van der Waals surface area contributed by atoms with Gasteiger partial charge in [0.1, 0.15) is 0 Å². The van der Waals surface area contributed by atoms with Gasteiger partial charge in [-0.2, -0.15) is 0 Å². The van der Waals surface area contributed by atoms with Crippen molar-refractivity contribution in [2.24, 2.45) is 0 Å². The molecular formula is C20H47N5. The van der Waals surface area contributed by atoms with E-state index >= 15 is 0 Å². The average Bonchev–Trinajstić information content (AvgIpc) is 2.63. The Labute approximate surface area is 157 Å². The van der Waals surface area contributed by atoms with Gasteiger partial charge in [-0.05, 0) is 105 Å². The minimum absolute atomic E-state index is 1.12. The molecule has 0 aromatic rings. The van der Waals surface area contributed by atoms with Crippen molar-refractivity contribution in [1.82, 2.24) is 26.6 Å². The second-order valence-corrected chi connectivity index (χ2v) is 6.99. The van der Waals surface area contributed by atoms with Gasteiger partial charge in [0, 0.05) is 0 Å². The Hall–Kier alpha value is -0.200. The summed E-state index contributed by atoms with van der Waals surface area (Å²) in [5.41, 5.74) is 0. The third-order valence-corrected chi connectivity index (χ3v) is 4.47. The van der Waals surface area contributed by atoms with Gasteiger partial charge in [-0.25, -0.2) is 0 Å². The number of hydrogen-bond acceptors (Lipinski definition) is 5. The van der Waals surface area contributed by atoms with Gasteiger partial charge in [-0.3, -0.25) is 0 Å². The van der Waals surface area contributed by atoms with Crippen molar-refractivity contribution in [2.45, 2.75) is 64.2 Å². The monoisotopic (exact) mass is 357 g/mol. The fourth-order valence-corrected chi connectivity index (χ4v) is 2.86. The highest BCUT2D eigenvalue weighted by atomic mass is 14.9. The van der Waals surface area contributed by atoms with Gasteiger partial charge >= 0.3 is 0 Å². The summed E-state index contributed by atoms with van der Waals surface area (Å²) in [6.45, 7) is 9.28. The lowest BCUT2D eigenvalue weighted by Crippen LogP contribution is -2.23. The Morgan fingerprint density at radius 2 is 0.600 bits per heavy atom. The molecule has 0 saturated carbocycles.